The molecule has 0 saturated heterocycles. The standard InChI is InChI=1S/C10H10BrNO2/c1-5-4-12-7-3-6(11)9(13)10(14-2)8(5)7/h3-4,12-13H,1-2H3. The number of nitrogens with one attached hydrogen (secondary N) is 1. The van der Waals surface area contributed by atoms with Crippen molar-refractivity contribution in [3.05, 3.63) is 22.3 Å². The van der Waals surface area contributed by atoms with E-state index in [0.717, 1.165) is 16.5 Å². The van der Waals surface area contributed by atoms with Gasteiger partial charge >= 0.3 is 0 Å². The number of hydrogen-bond donors (Lipinski definition) is 2. The van der Waals surface area contributed by atoms with Crippen LogP contribution >= 0.6 is 15.9 Å². The van der Waals surface area contributed by atoms with Gasteiger partial charge in [-0.3, -0.25) is 0 Å². The molecule has 0 amide bonds. The molecule has 74 valence electrons. The quantitative estimate of drug-likeness (QED) is 0.823. The first kappa shape index (κ1) is 9.40. The molecule has 2 aromatic rings. The zero-order valence-electron chi connectivity index (χ0n) is 7.89. The Morgan fingerprint density at radius 2 is 2.21 bits per heavy atom. The number of aromatic nitrogens is 1. The van der Waals surface area contributed by atoms with Crippen LogP contribution in [0.5, 0.6) is 11.5 Å². The molecule has 0 radical (unpaired) electrons. The van der Waals surface area contributed by atoms with E-state index in [1.165, 1.54) is 0 Å². The molecule has 0 aliphatic heterocycles. The molecule has 0 atom stereocenters. The third-order valence-corrected chi connectivity index (χ3v) is 2.86. The minimum atomic E-state index is 0.141. The number of fused-ring (bicyclic) bond motifs is 1. The number of ether oxygens (including phenoxy) is 1. The highest BCUT2D eigenvalue weighted by molar-refractivity contribution is 9.10. The Hall–Kier alpha value is -1.16. The van der Waals surface area contributed by atoms with Crippen molar-refractivity contribution in [2.75, 3.05) is 7.11 Å². The van der Waals surface area contributed by atoms with E-state index in [1.807, 2.05) is 19.2 Å². The SMILES string of the molecule is COc1c(O)c(Br)cc2[nH]cc(C)c12. The number of rotatable bonds is 1. The Balaban J connectivity index is 2.92. The van der Waals surface area contributed by atoms with Crippen molar-refractivity contribution in [1.29, 1.82) is 0 Å². The fourth-order valence-electron chi connectivity index (χ4n) is 1.58. The third-order valence-electron chi connectivity index (χ3n) is 2.25. The van der Waals surface area contributed by atoms with Crippen LogP contribution in [-0.2, 0) is 0 Å². The molecule has 1 aromatic heterocycles. The summed E-state index contributed by atoms with van der Waals surface area (Å²) in [7, 11) is 1.55. The van der Waals surface area contributed by atoms with Gasteiger partial charge in [-0.15, -0.1) is 0 Å². The smallest absolute Gasteiger partial charge is 0.172 e. The lowest BCUT2D eigenvalue weighted by Gasteiger charge is -2.07. The molecule has 3 nitrogen and oxygen atoms in total. The van der Waals surface area contributed by atoms with Crippen LogP contribution in [0.4, 0.5) is 0 Å². The van der Waals surface area contributed by atoms with Crippen molar-refractivity contribution in [2.24, 2.45) is 0 Å². The summed E-state index contributed by atoms with van der Waals surface area (Å²) in [6.07, 6.45) is 1.89. The second-order valence-corrected chi connectivity index (χ2v) is 3.99. The lowest BCUT2D eigenvalue weighted by molar-refractivity contribution is 0.376. The number of benzene rings is 1. The van der Waals surface area contributed by atoms with Gasteiger partial charge in [-0.05, 0) is 34.5 Å². The normalized spacial score (nSPS) is 10.8. The molecular formula is C10H10BrNO2. The number of halogens is 1. The minimum absolute atomic E-state index is 0.141. The summed E-state index contributed by atoms with van der Waals surface area (Å²) in [5.74, 6) is 0.649. The van der Waals surface area contributed by atoms with Gasteiger partial charge in [0.25, 0.3) is 0 Å². The Morgan fingerprint density at radius 1 is 1.50 bits per heavy atom. The van der Waals surface area contributed by atoms with E-state index >= 15 is 0 Å². The predicted octanol–water partition coefficient (Wildman–Crippen LogP) is 2.95. The van der Waals surface area contributed by atoms with Gasteiger partial charge in [0.2, 0.25) is 0 Å². The number of phenols is 1. The van der Waals surface area contributed by atoms with E-state index in [9.17, 15) is 5.11 Å². The van der Waals surface area contributed by atoms with Crippen LogP contribution in [-0.4, -0.2) is 17.2 Å². The fraction of sp³-hybridized carbons (Fsp3) is 0.200. The molecule has 0 fully saturated rings. The Morgan fingerprint density at radius 3 is 2.86 bits per heavy atom. The van der Waals surface area contributed by atoms with Crippen molar-refractivity contribution < 1.29 is 9.84 Å². The molecule has 0 unspecified atom stereocenters. The van der Waals surface area contributed by atoms with Gasteiger partial charge in [-0.2, -0.15) is 0 Å². The molecule has 14 heavy (non-hydrogen) atoms. The van der Waals surface area contributed by atoms with Crippen LogP contribution in [0.2, 0.25) is 0 Å². The molecular weight excluding hydrogens is 246 g/mol. The maximum atomic E-state index is 9.75. The monoisotopic (exact) mass is 255 g/mol. The summed E-state index contributed by atoms with van der Waals surface area (Å²) < 4.78 is 5.81. The number of phenolic OH excluding ortho intramolecular Hbond substituents is 1. The van der Waals surface area contributed by atoms with E-state index in [4.69, 9.17) is 4.74 Å². The Bertz CT molecular complexity index is 490. The number of aryl methyl sites for hydroxylation is 1. The van der Waals surface area contributed by atoms with Crippen LogP contribution in [0.3, 0.4) is 0 Å². The first-order chi connectivity index (χ1) is 6.65. The van der Waals surface area contributed by atoms with E-state index < -0.39 is 0 Å². The summed E-state index contributed by atoms with van der Waals surface area (Å²) >= 11 is 3.27. The Labute approximate surface area is 89.8 Å². The van der Waals surface area contributed by atoms with E-state index in [0.29, 0.717) is 10.2 Å². The number of aromatic amines is 1. The second-order valence-electron chi connectivity index (χ2n) is 3.13. The second kappa shape index (κ2) is 3.20. The summed E-state index contributed by atoms with van der Waals surface area (Å²) in [4.78, 5) is 3.11. The van der Waals surface area contributed by atoms with Crippen LogP contribution in [0, 0.1) is 6.92 Å². The predicted molar refractivity (Wildman–Crippen MR) is 59.0 cm³/mol. The van der Waals surface area contributed by atoms with Crippen LogP contribution in [0.25, 0.3) is 10.9 Å². The number of methoxy groups -OCH3 is 1. The van der Waals surface area contributed by atoms with E-state index in [2.05, 4.69) is 20.9 Å². The largest absolute Gasteiger partial charge is 0.503 e. The summed E-state index contributed by atoms with van der Waals surface area (Å²) in [5.41, 5.74) is 2.00. The van der Waals surface area contributed by atoms with Crippen molar-refractivity contribution >= 4 is 26.8 Å². The van der Waals surface area contributed by atoms with Gasteiger partial charge in [0.1, 0.15) is 0 Å². The maximum Gasteiger partial charge on any atom is 0.172 e. The third kappa shape index (κ3) is 1.18. The average Bonchev–Trinajstić information content (AvgIpc) is 2.50. The first-order valence-corrected chi connectivity index (χ1v) is 4.97. The van der Waals surface area contributed by atoms with Crippen molar-refractivity contribution in [3.8, 4) is 11.5 Å². The van der Waals surface area contributed by atoms with Gasteiger partial charge < -0.3 is 14.8 Å². The molecule has 2 N–H and O–H groups in total. The lowest BCUT2D eigenvalue weighted by Crippen LogP contribution is -1.86. The molecule has 2 rings (SSSR count). The van der Waals surface area contributed by atoms with Gasteiger partial charge in [0, 0.05) is 11.6 Å². The van der Waals surface area contributed by atoms with Crippen molar-refractivity contribution in [3.63, 3.8) is 0 Å². The van der Waals surface area contributed by atoms with Crippen molar-refractivity contribution in [1.82, 2.24) is 4.98 Å². The fourth-order valence-corrected chi connectivity index (χ4v) is 1.99. The van der Waals surface area contributed by atoms with Gasteiger partial charge in [-0.25, -0.2) is 0 Å². The summed E-state index contributed by atoms with van der Waals surface area (Å²) in [6, 6.07) is 1.83. The first-order valence-electron chi connectivity index (χ1n) is 4.18. The summed E-state index contributed by atoms with van der Waals surface area (Å²) in [5, 5.41) is 10.7. The number of aromatic hydroxyl groups is 1. The highest BCUT2D eigenvalue weighted by atomic mass is 79.9. The molecule has 1 heterocycles. The molecule has 1 aromatic carbocycles. The van der Waals surface area contributed by atoms with E-state index in [1.54, 1.807) is 7.11 Å². The highest BCUT2D eigenvalue weighted by Crippen LogP contribution is 2.41. The van der Waals surface area contributed by atoms with Gasteiger partial charge in [-0.1, -0.05) is 0 Å². The molecule has 4 heteroatoms. The topological polar surface area (TPSA) is 45.2 Å². The zero-order valence-corrected chi connectivity index (χ0v) is 9.47. The number of H-pyrrole nitrogens is 1. The molecule has 0 aliphatic rings. The molecule has 0 aliphatic carbocycles. The maximum absolute atomic E-state index is 9.75. The van der Waals surface area contributed by atoms with Gasteiger partial charge in [0.05, 0.1) is 17.1 Å². The molecule has 0 bridgehead atoms. The molecule has 0 spiro atoms. The lowest BCUT2D eigenvalue weighted by atomic mass is 10.1. The van der Waals surface area contributed by atoms with Gasteiger partial charge in [0.15, 0.2) is 11.5 Å². The summed E-state index contributed by atoms with van der Waals surface area (Å²) in [6.45, 7) is 1.97. The van der Waals surface area contributed by atoms with E-state index in [-0.39, 0.29) is 5.75 Å². The van der Waals surface area contributed by atoms with Crippen molar-refractivity contribution in [2.45, 2.75) is 6.92 Å². The molecule has 0 saturated carbocycles. The van der Waals surface area contributed by atoms with Crippen LogP contribution in [0.15, 0.2) is 16.7 Å². The average molecular weight is 256 g/mol. The Kier molecular flexibility index (Phi) is 2.15. The minimum Gasteiger partial charge on any atom is -0.503 e. The van der Waals surface area contributed by atoms with Crippen LogP contribution < -0.4 is 4.74 Å². The number of hydrogen-bond acceptors (Lipinski definition) is 2. The highest BCUT2D eigenvalue weighted by Gasteiger charge is 2.14. The zero-order chi connectivity index (χ0) is 10.3. The van der Waals surface area contributed by atoms with Crippen LogP contribution in [0.1, 0.15) is 5.56 Å².